The Labute approximate surface area is 137 Å². The smallest absolute Gasteiger partial charge is 0.248 e. The van der Waals surface area contributed by atoms with Crippen molar-refractivity contribution in [2.45, 2.75) is 45.1 Å². The largest absolute Gasteiger partial charge is 0.490 e. The van der Waals surface area contributed by atoms with Gasteiger partial charge in [-0.15, -0.1) is 0 Å². The minimum absolute atomic E-state index is 0.373. The second kappa shape index (κ2) is 6.86. The summed E-state index contributed by atoms with van der Waals surface area (Å²) in [7, 11) is 0. The van der Waals surface area contributed by atoms with Crippen molar-refractivity contribution in [2.24, 2.45) is 5.73 Å². The first-order chi connectivity index (χ1) is 11.1. The van der Waals surface area contributed by atoms with Gasteiger partial charge >= 0.3 is 0 Å². The number of hydrogen-bond donors (Lipinski definition) is 1. The quantitative estimate of drug-likeness (QED) is 0.907. The molecule has 3 nitrogen and oxygen atoms in total. The van der Waals surface area contributed by atoms with Crippen molar-refractivity contribution in [2.75, 3.05) is 0 Å². The van der Waals surface area contributed by atoms with Crippen LogP contribution in [-0.2, 0) is 6.42 Å². The van der Waals surface area contributed by atoms with Crippen molar-refractivity contribution in [3.05, 3.63) is 64.7 Å². The van der Waals surface area contributed by atoms with E-state index in [0.29, 0.717) is 11.7 Å². The van der Waals surface area contributed by atoms with Crippen molar-refractivity contribution < 1.29 is 9.53 Å². The zero-order valence-corrected chi connectivity index (χ0v) is 13.5. The molecular formula is C20H23NO2. The van der Waals surface area contributed by atoms with Gasteiger partial charge in [-0.25, -0.2) is 0 Å². The Morgan fingerprint density at radius 2 is 1.74 bits per heavy atom. The van der Waals surface area contributed by atoms with E-state index in [0.717, 1.165) is 17.7 Å². The maximum Gasteiger partial charge on any atom is 0.248 e. The molecule has 0 heterocycles. The average molecular weight is 309 g/mol. The molecule has 3 rings (SSSR count). The Kier molecular flexibility index (Phi) is 4.65. The van der Waals surface area contributed by atoms with Gasteiger partial charge in [0, 0.05) is 5.56 Å². The zero-order valence-electron chi connectivity index (χ0n) is 13.5. The van der Waals surface area contributed by atoms with Crippen LogP contribution in [0.3, 0.4) is 0 Å². The summed E-state index contributed by atoms with van der Waals surface area (Å²) in [6.45, 7) is 1.92. The number of amides is 1. The highest BCUT2D eigenvalue weighted by molar-refractivity contribution is 5.94. The van der Waals surface area contributed by atoms with Crippen LogP contribution in [0.5, 0.6) is 5.75 Å². The number of carbonyl (C=O) groups is 1. The fraction of sp³-hybridized carbons (Fsp3) is 0.350. The molecule has 0 unspecified atom stereocenters. The van der Waals surface area contributed by atoms with Gasteiger partial charge in [0.1, 0.15) is 5.75 Å². The fourth-order valence-corrected chi connectivity index (χ4v) is 3.23. The van der Waals surface area contributed by atoms with Gasteiger partial charge in [0.05, 0.1) is 6.10 Å². The van der Waals surface area contributed by atoms with Crippen molar-refractivity contribution in [3.8, 4) is 5.75 Å². The molecule has 1 amide bonds. The average Bonchev–Trinajstić information content (AvgIpc) is 3.02. The lowest BCUT2D eigenvalue weighted by Crippen LogP contribution is -2.12. The molecule has 0 bridgehead atoms. The third-order valence-electron chi connectivity index (χ3n) is 4.49. The minimum Gasteiger partial charge on any atom is -0.490 e. The van der Waals surface area contributed by atoms with Gasteiger partial charge in [-0.05, 0) is 73.9 Å². The van der Waals surface area contributed by atoms with Crippen LogP contribution in [0.2, 0.25) is 0 Å². The third kappa shape index (κ3) is 3.92. The molecule has 3 heteroatoms. The summed E-state index contributed by atoms with van der Waals surface area (Å²) in [6, 6.07) is 14.1. The molecule has 1 aliphatic carbocycles. The first-order valence-corrected chi connectivity index (χ1v) is 8.27. The molecule has 1 fully saturated rings. The van der Waals surface area contributed by atoms with E-state index in [9.17, 15) is 4.79 Å². The van der Waals surface area contributed by atoms with Crippen LogP contribution < -0.4 is 10.5 Å². The van der Waals surface area contributed by atoms with E-state index < -0.39 is 0 Å². The number of ether oxygens (including phenoxy) is 1. The first kappa shape index (κ1) is 15.6. The Hall–Kier alpha value is -2.29. The number of hydrogen-bond acceptors (Lipinski definition) is 2. The lowest BCUT2D eigenvalue weighted by atomic mass is 9.99. The van der Waals surface area contributed by atoms with E-state index in [1.54, 1.807) is 0 Å². The number of carbonyl (C=O) groups excluding carboxylic acids is 1. The molecule has 2 aromatic carbocycles. The Bertz CT molecular complexity index is 685. The van der Waals surface area contributed by atoms with Crippen LogP contribution in [0.25, 0.3) is 0 Å². The SMILES string of the molecule is Cc1cc(Cc2ccc(OC3CCCC3)cc2)ccc1C(N)=O. The second-order valence-electron chi connectivity index (χ2n) is 6.36. The van der Waals surface area contributed by atoms with Crippen molar-refractivity contribution in [1.29, 1.82) is 0 Å². The lowest BCUT2D eigenvalue weighted by molar-refractivity contribution is 0.0999. The third-order valence-corrected chi connectivity index (χ3v) is 4.49. The standard InChI is InChI=1S/C20H23NO2/c1-14-12-16(8-11-19(14)20(21)22)13-15-6-9-18(10-7-15)23-17-4-2-3-5-17/h6-12,17H,2-5,13H2,1H3,(H2,21,22). The normalized spacial score (nSPS) is 14.8. The Morgan fingerprint density at radius 3 is 2.35 bits per heavy atom. The molecule has 120 valence electrons. The topological polar surface area (TPSA) is 52.3 Å². The van der Waals surface area contributed by atoms with Crippen LogP contribution in [-0.4, -0.2) is 12.0 Å². The van der Waals surface area contributed by atoms with Crippen molar-refractivity contribution in [3.63, 3.8) is 0 Å². The van der Waals surface area contributed by atoms with Crippen LogP contribution in [0.1, 0.15) is 52.7 Å². The monoisotopic (exact) mass is 309 g/mol. The van der Waals surface area contributed by atoms with E-state index in [2.05, 4.69) is 24.3 Å². The van der Waals surface area contributed by atoms with Crippen LogP contribution >= 0.6 is 0 Å². The predicted octanol–water partition coefficient (Wildman–Crippen LogP) is 4.01. The molecule has 0 spiro atoms. The van der Waals surface area contributed by atoms with Crippen LogP contribution in [0.4, 0.5) is 0 Å². The maximum atomic E-state index is 11.3. The van der Waals surface area contributed by atoms with Gasteiger partial charge < -0.3 is 10.5 Å². The first-order valence-electron chi connectivity index (χ1n) is 8.27. The maximum absolute atomic E-state index is 11.3. The number of benzene rings is 2. The van der Waals surface area contributed by atoms with Gasteiger partial charge in [-0.1, -0.05) is 24.3 Å². The highest BCUT2D eigenvalue weighted by Crippen LogP contribution is 2.24. The van der Waals surface area contributed by atoms with Gasteiger partial charge in [0.2, 0.25) is 5.91 Å². The number of nitrogens with two attached hydrogens (primary N) is 1. The van der Waals surface area contributed by atoms with Crippen LogP contribution in [0.15, 0.2) is 42.5 Å². The van der Waals surface area contributed by atoms with Crippen molar-refractivity contribution >= 4 is 5.91 Å². The predicted molar refractivity (Wildman–Crippen MR) is 91.8 cm³/mol. The molecule has 0 atom stereocenters. The number of aryl methyl sites for hydroxylation is 1. The molecule has 23 heavy (non-hydrogen) atoms. The molecule has 0 aliphatic heterocycles. The van der Waals surface area contributed by atoms with E-state index >= 15 is 0 Å². The second-order valence-corrected chi connectivity index (χ2v) is 6.36. The Balaban J connectivity index is 1.65. The van der Waals surface area contributed by atoms with E-state index in [1.165, 1.54) is 36.8 Å². The summed E-state index contributed by atoms with van der Waals surface area (Å²) < 4.78 is 5.99. The fourth-order valence-electron chi connectivity index (χ4n) is 3.23. The molecule has 0 saturated heterocycles. The molecule has 2 N–H and O–H groups in total. The number of primary amides is 1. The summed E-state index contributed by atoms with van der Waals surface area (Å²) >= 11 is 0. The van der Waals surface area contributed by atoms with Crippen LogP contribution in [0, 0.1) is 6.92 Å². The van der Waals surface area contributed by atoms with Crippen molar-refractivity contribution in [1.82, 2.24) is 0 Å². The van der Waals surface area contributed by atoms with E-state index in [4.69, 9.17) is 10.5 Å². The van der Waals surface area contributed by atoms with Gasteiger partial charge in [0.15, 0.2) is 0 Å². The zero-order chi connectivity index (χ0) is 16.2. The summed E-state index contributed by atoms with van der Waals surface area (Å²) in [5.74, 6) is 0.586. The summed E-state index contributed by atoms with van der Waals surface area (Å²) in [5.41, 5.74) is 9.28. The summed E-state index contributed by atoms with van der Waals surface area (Å²) in [5, 5.41) is 0. The van der Waals surface area contributed by atoms with E-state index in [1.807, 2.05) is 25.1 Å². The molecule has 1 saturated carbocycles. The highest BCUT2D eigenvalue weighted by atomic mass is 16.5. The van der Waals surface area contributed by atoms with Gasteiger partial charge in [-0.3, -0.25) is 4.79 Å². The van der Waals surface area contributed by atoms with E-state index in [-0.39, 0.29) is 5.91 Å². The summed E-state index contributed by atoms with van der Waals surface area (Å²) in [4.78, 5) is 11.3. The molecule has 1 aliphatic rings. The molecular weight excluding hydrogens is 286 g/mol. The molecule has 0 aromatic heterocycles. The lowest BCUT2D eigenvalue weighted by Gasteiger charge is -2.13. The Morgan fingerprint density at radius 1 is 1.09 bits per heavy atom. The molecule has 0 radical (unpaired) electrons. The number of rotatable bonds is 5. The summed E-state index contributed by atoms with van der Waals surface area (Å²) in [6.07, 6.45) is 6.14. The minimum atomic E-state index is -0.373. The van der Waals surface area contributed by atoms with Gasteiger partial charge in [-0.2, -0.15) is 0 Å². The van der Waals surface area contributed by atoms with Gasteiger partial charge in [0.25, 0.3) is 0 Å². The molecule has 2 aromatic rings. The highest BCUT2D eigenvalue weighted by Gasteiger charge is 2.16.